The second-order valence-electron chi connectivity index (χ2n) is 4.24. The lowest BCUT2D eigenvalue weighted by atomic mass is 10.2. The topological polar surface area (TPSA) is 77.7 Å². The zero-order valence-electron chi connectivity index (χ0n) is 10.6. The number of esters is 1. The number of nitrogens with zero attached hydrogens (tertiary/aromatic N) is 3. The average Bonchev–Trinajstić information content (AvgIpc) is 2.75. The highest BCUT2D eigenvalue weighted by atomic mass is 16.5. The minimum atomic E-state index is -0.254. The maximum atomic E-state index is 11.2. The maximum absolute atomic E-state index is 11.2. The quantitative estimate of drug-likeness (QED) is 0.708. The number of hydrogen-bond donors (Lipinski definition) is 0. The first kappa shape index (κ1) is 13.0. The van der Waals surface area contributed by atoms with Crippen LogP contribution in [0, 0.1) is 6.92 Å². The number of aromatic nitrogens is 2. The highest BCUT2D eigenvalue weighted by Gasteiger charge is 2.24. The van der Waals surface area contributed by atoms with Crippen molar-refractivity contribution < 1.29 is 18.8 Å². The summed E-state index contributed by atoms with van der Waals surface area (Å²) in [4.78, 5) is 17.5. The van der Waals surface area contributed by atoms with Crippen LogP contribution in [0.25, 0.3) is 0 Å². The Bertz CT molecular complexity index is 407. The molecule has 1 aliphatic rings. The maximum Gasteiger partial charge on any atom is 0.308 e. The summed E-state index contributed by atoms with van der Waals surface area (Å²) in [7, 11) is 1.38. The van der Waals surface area contributed by atoms with Gasteiger partial charge in [0.1, 0.15) is 0 Å². The van der Waals surface area contributed by atoms with Gasteiger partial charge in [-0.05, 0) is 6.92 Å². The zero-order valence-corrected chi connectivity index (χ0v) is 10.6. The van der Waals surface area contributed by atoms with E-state index in [1.54, 1.807) is 6.92 Å². The first-order chi connectivity index (χ1) is 8.67. The van der Waals surface area contributed by atoms with Crippen molar-refractivity contribution >= 4 is 5.97 Å². The highest BCUT2D eigenvalue weighted by molar-refractivity contribution is 5.69. The van der Waals surface area contributed by atoms with E-state index in [-0.39, 0.29) is 18.5 Å². The van der Waals surface area contributed by atoms with Crippen LogP contribution in [0.2, 0.25) is 0 Å². The molecule has 18 heavy (non-hydrogen) atoms. The van der Waals surface area contributed by atoms with Crippen LogP contribution in [0.4, 0.5) is 0 Å². The highest BCUT2D eigenvalue weighted by Crippen LogP contribution is 2.12. The van der Waals surface area contributed by atoms with Gasteiger partial charge in [-0.15, -0.1) is 0 Å². The fourth-order valence-corrected chi connectivity index (χ4v) is 1.91. The third kappa shape index (κ3) is 3.51. The molecular formula is C11H17N3O4. The molecule has 2 heterocycles. The van der Waals surface area contributed by atoms with E-state index < -0.39 is 0 Å². The number of carbonyl (C=O) groups is 1. The summed E-state index contributed by atoms with van der Waals surface area (Å²) in [6, 6.07) is 0. The van der Waals surface area contributed by atoms with Gasteiger partial charge in [0.2, 0.25) is 5.89 Å². The van der Waals surface area contributed by atoms with Crippen molar-refractivity contribution in [3.05, 3.63) is 11.7 Å². The normalized spacial score (nSPS) is 20.9. The van der Waals surface area contributed by atoms with Crippen LogP contribution >= 0.6 is 0 Å². The Morgan fingerprint density at radius 2 is 2.44 bits per heavy atom. The molecule has 7 heteroatoms. The van der Waals surface area contributed by atoms with Crippen LogP contribution < -0.4 is 0 Å². The first-order valence-electron chi connectivity index (χ1n) is 5.87. The molecule has 0 aromatic carbocycles. The summed E-state index contributed by atoms with van der Waals surface area (Å²) in [6.45, 7) is 4.42. The number of ether oxygens (including phenoxy) is 2. The Balaban J connectivity index is 1.84. The van der Waals surface area contributed by atoms with Crippen molar-refractivity contribution in [3.63, 3.8) is 0 Å². The Kier molecular flexibility index (Phi) is 4.27. The van der Waals surface area contributed by atoms with E-state index in [9.17, 15) is 4.79 Å². The van der Waals surface area contributed by atoms with E-state index in [0.717, 1.165) is 6.54 Å². The van der Waals surface area contributed by atoms with Crippen molar-refractivity contribution in [3.8, 4) is 0 Å². The third-order valence-corrected chi connectivity index (χ3v) is 2.77. The molecule has 1 fully saturated rings. The molecule has 7 nitrogen and oxygen atoms in total. The van der Waals surface area contributed by atoms with Gasteiger partial charge in [0.25, 0.3) is 0 Å². The van der Waals surface area contributed by atoms with E-state index in [4.69, 9.17) is 9.26 Å². The summed E-state index contributed by atoms with van der Waals surface area (Å²) < 4.78 is 15.2. The van der Waals surface area contributed by atoms with Gasteiger partial charge in [-0.2, -0.15) is 4.98 Å². The molecule has 0 aliphatic carbocycles. The van der Waals surface area contributed by atoms with Gasteiger partial charge in [0.05, 0.1) is 32.8 Å². The van der Waals surface area contributed by atoms with Gasteiger partial charge in [-0.1, -0.05) is 5.16 Å². The third-order valence-electron chi connectivity index (χ3n) is 2.77. The Labute approximate surface area is 105 Å². The molecule has 0 bridgehead atoms. The second kappa shape index (κ2) is 5.92. The smallest absolute Gasteiger partial charge is 0.308 e. The van der Waals surface area contributed by atoms with Crippen LogP contribution in [0.5, 0.6) is 0 Å². The van der Waals surface area contributed by atoms with E-state index >= 15 is 0 Å². The number of methoxy groups -OCH3 is 1. The molecule has 0 radical (unpaired) electrons. The van der Waals surface area contributed by atoms with Crippen molar-refractivity contribution in [2.24, 2.45) is 0 Å². The van der Waals surface area contributed by atoms with Gasteiger partial charge >= 0.3 is 5.97 Å². The molecule has 1 aromatic rings. The Hall–Kier alpha value is -1.47. The van der Waals surface area contributed by atoms with Gasteiger partial charge in [0.15, 0.2) is 5.82 Å². The fraction of sp³-hybridized carbons (Fsp3) is 0.727. The number of hydrogen-bond acceptors (Lipinski definition) is 7. The summed E-state index contributed by atoms with van der Waals surface area (Å²) in [6.07, 6.45) is 0.144. The summed E-state index contributed by atoms with van der Waals surface area (Å²) in [5.41, 5.74) is 0. The minimum absolute atomic E-state index is 0.129. The zero-order chi connectivity index (χ0) is 13.0. The molecule has 0 saturated carbocycles. The molecule has 1 saturated heterocycles. The standard InChI is InChI=1S/C11H17N3O4/c1-8-12-10(18-13-8)7-14-3-4-17-9(6-14)5-11(15)16-2/h9H,3-7H2,1-2H3. The Morgan fingerprint density at radius 1 is 1.61 bits per heavy atom. The summed E-state index contributed by atoms with van der Waals surface area (Å²) >= 11 is 0. The van der Waals surface area contributed by atoms with Crippen LogP contribution in [0.3, 0.4) is 0 Å². The molecule has 1 aromatic heterocycles. The average molecular weight is 255 g/mol. The number of rotatable bonds is 4. The molecule has 1 aliphatic heterocycles. The fourth-order valence-electron chi connectivity index (χ4n) is 1.91. The number of morpholine rings is 1. The number of aryl methyl sites for hydroxylation is 1. The van der Waals surface area contributed by atoms with Crippen LogP contribution in [0.1, 0.15) is 18.1 Å². The van der Waals surface area contributed by atoms with Crippen LogP contribution in [-0.2, 0) is 20.8 Å². The molecule has 0 spiro atoms. The van der Waals surface area contributed by atoms with Crippen molar-refractivity contribution in [2.75, 3.05) is 26.8 Å². The van der Waals surface area contributed by atoms with Gasteiger partial charge in [-0.25, -0.2) is 0 Å². The molecule has 2 rings (SSSR count). The number of carbonyl (C=O) groups excluding carboxylic acids is 1. The predicted octanol–water partition coefficient (Wildman–Crippen LogP) is 0.142. The van der Waals surface area contributed by atoms with Crippen molar-refractivity contribution in [1.82, 2.24) is 15.0 Å². The largest absolute Gasteiger partial charge is 0.469 e. The van der Waals surface area contributed by atoms with E-state index in [0.29, 0.717) is 31.4 Å². The summed E-state index contributed by atoms with van der Waals surface area (Å²) in [5, 5.41) is 3.74. The molecule has 0 amide bonds. The SMILES string of the molecule is COC(=O)CC1CN(Cc2nc(C)no2)CCO1. The lowest BCUT2D eigenvalue weighted by molar-refractivity contribution is -0.145. The van der Waals surface area contributed by atoms with Crippen molar-refractivity contribution in [1.29, 1.82) is 0 Å². The van der Waals surface area contributed by atoms with E-state index in [1.807, 2.05) is 0 Å². The molecular weight excluding hydrogens is 238 g/mol. The Morgan fingerprint density at radius 3 is 3.11 bits per heavy atom. The second-order valence-corrected chi connectivity index (χ2v) is 4.24. The van der Waals surface area contributed by atoms with Crippen LogP contribution in [-0.4, -0.2) is 53.9 Å². The monoisotopic (exact) mass is 255 g/mol. The lowest BCUT2D eigenvalue weighted by Crippen LogP contribution is -2.42. The molecule has 1 atom stereocenters. The molecule has 1 unspecified atom stereocenters. The van der Waals surface area contributed by atoms with Crippen molar-refractivity contribution in [2.45, 2.75) is 26.0 Å². The molecule has 0 N–H and O–H groups in total. The molecule has 100 valence electrons. The van der Waals surface area contributed by atoms with Gasteiger partial charge in [-0.3, -0.25) is 9.69 Å². The summed E-state index contributed by atoms with van der Waals surface area (Å²) in [5.74, 6) is 0.964. The van der Waals surface area contributed by atoms with Gasteiger partial charge in [0, 0.05) is 13.1 Å². The van der Waals surface area contributed by atoms with Gasteiger partial charge < -0.3 is 14.0 Å². The first-order valence-corrected chi connectivity index (χ1v) is 5.87. The predicted molar refractivity (Wildman–Crippen MR) is 60.7 cm³/mol. The van der Waals surface area contributed by atoms with E-state index in [2.05, 4.69) is 19.8 Å². The van der Waals surface area contributed by atoms with E-state index in [1.165, 1.54) is 7.11 Å². The van der Waals surface area contributed by atoms with Crippen LogP contribution in [0.15, 0.2) is 4.52 Å². The lowest BCUT2D eigenvalue weighted by Gasteiger charge is -2.31. The minimum Gasteiger partial charge on any atom is -0.469 e.